The van der Waals surface area contributed by atoms with Gasteiger partial charge in [-0.3, -0.25) is 0 Å². The molecule has 3 heteroatoms. The van der Waals surface area contributed by atoms with Crippen LogP contribution in [0.25, 0.3) is 12.2 Å². The number of hydrogen-bond donors (Lipinski definition) is 0. The summed E-state index contributed by atoms with van der Waals surface area (Å²) in [5, 5.41) is 0. The van der Waals surface area contributed by atoms with Gasteiger partial charge in [0.1, 0.15) is 0 Å². The SMILES string of the molecule is CC1=Cc2ccccc2C1[CH-]CC1C(C)=Cc2ccccc21.[Cl][Zr][Cl]. The molecule has 0 nitrogen and oxygen atoms in total. The molecule has 2 aromatic rings. The van der Waals surface area contributed by atoms with Crippen LogP contribution in [0, 0.1) is 6.42 Å². The van der Waals surface area contributed by atoms with Gasteiger partial charge in [0.25, 0.3) is 0 Å². The molecule has 0 aliphatic heterocycles. The summed E-state index contributed by atoms with van der Waals surface area (Å²) in [6.45, 7) is 4.52. The van der Waals surface area contributed by atoms with Crippen molar-refractivity contribution in [1.29, 1.82) is 0 Å². The van der Waals surface area contributed by atoms with E-state index in [-0.39, 0.29) is 0 Å². The molecule has 0 N–H and O–H groups in total. The predicted molar refractivity (Wildman–Crippen MR) is 106 cm³/mol. The predicted octanol–water partition coefficient (Wildman–Crippen LogP) is 7.36. The minimum atomic E-state index is -0.826. The fraction of sp³-hybridized carbons (Fsp3) is 0.227. The van der Waals surface area contributed by atoms with Crippen molar-refractivity contribution < 1.29 is 20.8 Å². The summed E-state index contributed by atoms with van der Waals surface area (Å²) in [4.78, 5) is 0. The summed E-state index contributed by atoms with van der Waals surface area (Å²) in [6.07, 6.45) is 8.31. The summed E-state index contributed by atoms with van der Waals surface area (Å²) >= 11 is -0.826. The summed E-state index contributed by atoms with van der Waals surface area (Å²) in [5.74, 6) is 1.04. The molecule has 0 saturated carbocycles. The van der Waals surface area contributed by atoms with E-state index in [1.165, 1.54) is 33.4 Å². The van der Waals surface area contributed by atoms with Crippen molar-refractivity contribution in [1.82, 2.24) is 0 Å². The Labute approximate surface area is 169 Å². The monoisotopic (exact) mass is 445 g/mol. The molecule has 2 aromatic carbocycles. The first-order valence-electron chi connectivity index (χ1n) is 8.49. The average molecular weight is 448 g/mol. The topological polar surface area (TPSA) is 0 Å². The fourth-order valence-corrected chi connectivity index (χ4v) is 3.95. The maximum absolute atomic E-state index is 4.93. The van der Waals surface area contributed by atoms with Crippen molar-refractivity contribution in [2.24, 2.45) is 0 Å². The van der Waals surface area contributed by atoms with Gasteiger partial charge in [-0.15, -0.1) is 5.92 Å². The van der Waals surface area contributed by atoms with Gasteiger partial charge in [0.2, 0.25) is 0 Å². The van der Waals surface area contributed by atoms with Gasteiger partial charge in [-0.05, 0) is 36.5 Å². The van der Waals surface area contributed by atoms with Crippen LogP contribution in [-0.2, 0) is 20.8 Å². The van der Waals surface area contributed by atoms with E-state index in [2.05, 4.69) is 81.0 Å². The molecule has 2 aliphatic rings. The molecule has 0 bridgehead atoms. The van der Waals surface area contributed by atoms with Crippen molar-refractivity contribution >= 4 is 29.2 Å². The number of rotatable bonds is 3. The Morgan fingerprint density at radius 3 is 2.04 bits per heavy atom. The molecule has 0 spiro atoms. The van der Waals surface area contributed by atoms with Crippen molar-refractivity contribution in [2.45, 2.75) is 32.1 Å². The number of fused-ring (bicyclic) bond motifs is 2. The van der Waals surface area contributed by atoms with Crippen LogP contribution in [0.15, 0.2) is 59.7 Å². The minimum absolute atomic E-state index is 0.483. The van der Waals surface area contributed by atoms with Crippen LogP contribution < -0.4 is 0 Å². The average Bonchev–Trinajstić information content (AvgIpc) is 3.09. The molecule has 2 atom stereocenters. The molecule has 25 heavy (non-hydrogen) atoms. The summed E-state index contributed by atoms with van der Waals surface area (Å²) in [7, 11) is 9.87. The van der Waals surface area contributed by atoms with Crippen LogP contribution in [-0.4, -0.2) is 0 Å². The third-order valence-corrected chi connectivity index (χ3v) is 5.12. The van der Waals surface area contributed by atoms with E-state index in [9.17, 15) is 0 Å². The second kappa shape index (κ2) is 8.85. The number of benzene rings is 2. The van der Waals surface area contributed by atoms with E-state index in [4.69, 9.17) is 17.0 Å². The molecule has 0 radical (unpaired) electrons. The molecule has 2 aliphatic carbocycles. The van der Waals surface area contributed by atoms with Crippen molar-refractivity contribution in [2.75, 3.05) is 0 Å². The van der Waals surface area contributed by atoms with E-state index in [1.54, 1.807) is 0 Å². The first-order valence-corrected chi connectivity index (χ1v) is 14.8. The van der Waals surface area contributed by atoms with Gasteiger partial charge in [-0.2, -0.15) is 6.42 Å². The Kier molecular flexibility index (Phi) is 6.78. The Morgan fingerprint density at radius 2 is 1.36 bits per heavy atom. The number of hydrogen-bond acceptors (Lipinski definition) is 0. The Hall–Kier alpha value is -0.617. The van der Waals surface area contributed by atoms with E-state index >= 15 is 0 Å². The van der Waals surface area contributed by atoms with E-state index in [0.717, 1.165) is 6.42 Å². The molecule has 0 fully saturated rings. The fourth-order valence-electron chi connectivity index (χ4n) is 3.95. The van der Waals surface area contributed by atoms with Gasteiger partial charge in [0.15, 0.2) is 0 Å². The molecule has 0 saturated heterocycles. The standard InChI is InChI=1S/C22H21.2ClH.Zr/c1-15-13-17-7-3-5-9-21(17)19(15)11-12-20-16(2)14-18-8-4-6-10-22(18)20;;;/h3-11,13-14,19-20H,12H2,1-2H3;2*1H;/q-1;;;+2/p-2. The zero-order valence-corrected chi connectivity index (χ0v) is 18.4. The third kappa shape index (κ3) is 4.21. The maximum atomic E-state index is 4.93. The van der Waals surface area contributed by atoms with Crippen LogP contribution in [0.4, 0.5) is 0 Å². The van der Waals surface area contributed by atoms with E-state index < -0.39 is 20.8 Å². The Balaban J connectivity index is 0.000000569. The summed E-state index contributed by atoms with van der Waals surface area (Å²) in [5.41, 5.74) is 8.70. The molecule has 128 valence electrons. The van der Waals surface area contributed by atoms with Crippen molar-refractivity contribution in [3.8, 4) is 0 Å². The van der Waals surface area contributed by atoms with Crippen molar-refractivity contribution in [3.05, 3.63) is 88.4 Å². The zero-order valence-electron chi connectivity index (χ0n) is 14.5. The van der Waals surface area contributed by atoms with Gasteiger partial charge >= 0.3 is 37.9 Å². The molecule has 0 aromatic heterocycles. The van der Waals surface area contributed by atoms with Crippen LogP contribution in [0.1, 0.15) is 54.4 Å². The van der Waals surface area contributed by atoms with Gasteiger partial charge < -0.3 is 6.42 Å². The van der Waals surface area contributed by atoms with Crippen molar-refractivity contribution in [3.63, 3.8) is 0 Å². The van der Waals surface area contributed by atoms with Crippen LogP contribution in [0.5, 0.6) is 0 Å². The first-order chi connectivity index (χ1) is 12.2. The molecule has 2 unspecified atom stereocenters. The summed E-state index contributed by atoms with van der Waals surface area (Å²) < 4.78 is 0. The normalized spacial score (nSPS) is 20.0. The molecular weight excluding hydrogens is 426 g/mol. The Morgan fingerprint density at radius 1 is 0.840 bits per heavy atom. The Bertz CT molecular complexity index is 740. The van der Waals surface area contributed by atoms with Crippen LogP contribution in [0.3, 0.4) is 0 Å². The third-order valence-electron chi connectivity index (χ3n) is 5.12. The second-order valence-corrected chi connectivity index (χ2v) is 10.3. The first kappa shape index (κ1) is 19.2. The number of allylic oxidation sites excluding steroid dienone is 2. The van der Waals surface area contributed by atoms with Gasteiger partial charge in [0.05, 0.1) is 0 Å². The summed E-state index contributed by atoms with van der Waals surface area (Å²) in [6, 6.07) is 17.6. The molecule has 0 amide bonds. The quantitative estimate of drug-likeness (QED) is 0.431. The van der Waals surface area contributed by atoms with Gasteiger partial charge in [-0.25, -0.2) is 0 Å². The second-order valence-electron chi connectivity index (χ2n) is 6.61. The van der Waals surface area contributed by atoms with Gasteiger partial charge in [-0.1, -0.05) is 77.4 Å². The number of halogens is 2. The van der Waals surface area contributed by atoms with Crippen LogP contribution in [0.2, 0.25) is 0 Å². The van der Waals surface area contributed by atoms with E-state index in [1.807, 2.05) is 0 Å². The molecular formula is C22H21Cl2Zr-. The van der Waals surface area contributed by atoms with E-state index in [0.29, 0.717) is 11.8 Å². The molecule has 4 rings (SSSR count). The zero-order chi connectivity index (χ0) is 17.8. The van der Waals surface area contributed by atoms with Gasteiger partial charge in [0, 0.05) is 0 Å². The molecule has 0 heterocycles. The van der Waals surface area contributed by atoms with Crippen LogP contribution >= 0.6 is 17.0 Å².